The number of hydrogen-bond donors (Lipinski definition) is 1. The molecule has 1 aliphatic rings. The van der Waals surface area contributed by atoms with Crippen LogP contribution in [0.5, 0.6) is 0 Å². The first-order valence-corrected chi connectivity index (χ1v) is 9.15. The van der Waals surface area contributed by atoms with Crippen LogP contribution in [-0.4, -0.2) is 38.5 Å². The lowest BCUT2D eigenvalue weighted by atomic mass is 9.93. The van der Waals surface area contributed by atoms with Crippen LogP contribution in [0.4, 0.5) is 11.5 Å². The minimum absolute atomic E-state index is 0.118. The second kappa shape index (κ2) is 7.64. The number of fused-ring (bicyclic) bond motifs is 1. The summed E-state index contributed by atoms with van der Waals surface area (Å²) < 4.78 is 0. The third kappa shape index (κ3) is 3.64. The number of Topliss-reactive ketones (excluding diaryl/α,β-unsaturated/α-hetero) is 1. The topological polar surface area (TPSA) is 93.0 Å². The van der Waals surface area contributed by atoms with Crippen LogP contribution in [0.3, 0.4) is 0 Å². The van der Waals surface area contributed by atoms with E-state index in [0.29, 0.717) is 18.5 Å². The fourth-order valence-corrected chi connectivity index (χ4v) is 3.16. The molecule has 7 nitrogen and oxygen atoms in total. The Balaban J connectivity index is 1.51. The highest BCUT2D eigenvalue weighted by Crippen LogP contribution is 2.33. The third-order valence-corrected chi connectivity index (χ3v) is 4.73. The number of aliphatic imine (C=N–C) groups is 1. The average Bonchev–Trinajstić information content (AvgIpc) is 2.73. The summed E-state index contributed by atoms with van der Waals surface area (Å²) in [6.07, 6.45) is 7.09. The van der Waals surface area contributed by atoms with E-state index in [2.05, 4.69) is 37.2 Å². The van der Waals surface area contributed by atoms with E-state index in [1.54, 1.807) is 18.6 Å². The Morgan fingerprint density at radius 2 is 1.96 bits per heavy atom. The van der Waals surface area contributed by atoms with Gasteiger partial charge in [-0.25, -0.2) is 19.9 Å². The first-order chi connectivity index (χ1) is 13.6. The predicted octanol–water partition coefficient (Wildman–Crippen LogP) is 3.75. The van der Waals surface area contributed by atoms with E-state index in [1.807, 2.05) is 31.2 Å². The fraction of sp³-hybridized carbons (Fsp3) is 0.238. The molecule has 1 atom stereocenters. The van der Waals surface area contributed by atoms with Gasteiger partial charge in [-0.15, -0.1) is 0 Å². The van der Waals surface area contributed by atoms with Crippen molar-refractivity contribution in [3.8, 4) is 11.3 Å². The zero-order valence-corrected chi connectivity index (χ0v) is 15.8. The number of benzene rings is 1. The van der Waals surface area contributed by atoms with Crippen LogP contribution < -0.4 is 5.32 Å². The van der Waals surface area contributed by atoms with Crippen molar-refractivity contribution in [2.75, 3.05) is 11.9 Å². The number of carbonyl (C=O) groups is 1. The molecule has 1 aromatic carbocycles. The summed E-state index contributed by atoms with van der Waals surface area (Å²) in [4.78, 5) is 33.6. The van der Waals surface area contributed by atoms with Gasteiger partial charge >= 0.3 is 0 Å². The Bertz CT molecular complexity index is 1050. The maximum Gasteiger partial charge on any atom is 0.170 e. The summed E-state index contributed by atoms with van der Waals surface area (Å²) in [6.45, 7) is 4.60. The number of aryl methyl sites for hydroxylation is 1. The van der Waals surface area contributed by atoms with Gasteiger partial charge in [-0.05, 0) is 18.6 Å². The van der Waals surface area contributed by atoms with Gasteiger partial charge in [0.15, 0.2) is 5.78 Å². The van der Waals surface area contributed by atoms with E-state index < -0.39 is 0 Å². The molecule has 1 N–H and O–H groups in total. The number of hydrogen-bond acceptors (Lipinski definition) is 7. The van der Waals surface area contributed by atoms with Crippen LogP contribution in [0.25, 0.3) is 11.3 Å². The monoisotopic (exact) mass is 372 g/mol. The maximum absolute atomic E-state index is 12.1. The molecule has 7 heteroatoms. The van der Waals surface area contributed by atoms with Crippen molar-refractivity contribution in [2.45, 2.75) is 26.2 Å². The lowest BCUT2D eigenvalue weighted by Gasteiger charge is -2.19. The van der Waals surface area contributed by atoms with Gasteiger partial charge in [-0.2, -0.15) is 0 Å². The molecule has 140 valence electrons. The van der Waals surface area contributed by atoms with Crippen LogP contribution in [0.15, 0.2) is 48.0 Å². The normalized spacial score (nSPS) is 13.9. The predicted molar refractivity (Wildman–Crippen MR) is 108 cm³/mol. The van der Waals surface area contributed by atoms with E-state index in [1.165, 1.54) is 6.33 Å². The van der Waals surface area contributed by atoms with Crippen molar-refractivity contribution < 1.29 is 4.79 Å². The third-order valence-electron chi connectivity index (χ3n) is 4.73. The molecule has 3 aromatic rings. The average molecular weight is 372 g/mol. The van der Waals surface area contributed by atoms with Crippen molar-refractivity contribution >= 4 is 23.5 Å². The molecular weight excluding hydrogens is 352 g/mol. The van der Waals surface area contributed by atoms with Gasteiger partial charge in [0.1, 0.15) is 18.0 Å². The summed E-state index contributed by atoms with van der Waals surface area (Å²) in [5, 5.41) is 3.35. The molecule has 0 saturated carbocycles. The Labute approximate surface area is 163 Å². The molecule has 0 radical (unpaired) electrons. The Morgan fingerprint density at radius 1 is 1.14 bits per heavy atom. The Kier molecular flexibility index (Phi) is 4.89. The highest BCUT2D eigenvalue weighted by molar-refractivity contribution is 6.10. The number of rotatable bonds is 5. The zero-order valence-electron chi connectivity index (χ0n) is 15.8. The van der Waals surface area contributed by atoms with Gasteiger partial charge < -0.3 is 5.32 Å². The molecule has 1 aliphatic heterocycles. The van der Waals surface area contributed by atoms with Crippen LogP contribution in [0.1, 0.15) is 41.0 Å². The molecule has 2 aromatic heterocycles. The minimum Gasteiger partial charge on any atom is -0.369 e. The SMILES string of the molecule is Cc1ncc(-c2cc(NC[C@@H](C)c3cccc4c3N=CCC4=O)ncn2)cn1. The van der Waals surface area contributed by atoms with Crippen LogP contribution in [0.2, 0.25) is 0 Å². The van der Waals surface area contributed by atoms with Gasteiger partial charge in [0.25, 0.3) is 0 Å². The number of nitrogens with zero attached hydrogens (tertiary/aromatic N) is 5. The molecular formula is C21H20N6O. The van der Waals surface area contributed by atoms with Gasteiger partial charge in [0, 0.05) is 54.7 Å². The van der Waals surface area contributed by atoms with E-state index in [-0.39, 0.29) is 11.7 Å². The van der Waals surface area contributed by atoms with Crippen molar-refractivity contribution in [1.29, 1.82) is 0 Å². The Hall–Kier alpha value is -3.48. The van der Waals surface area contributed by atoms with Crippen molar-refractivity contribution in [3.63, 3.8) is 0 Å². The van der Waals surface area contributed by atoms with Crippen molar-refractivity contribution in [1.82, 2.24) is 19.9 Å². The molecule has 0 bridgehead atoms. The zero-order chi connectivity index (χ0) is 19.5. The fourth-order valence-electron chi connectivity index (χ4n) is 3.16. The second-order valence-corrected chi connectivity index (χ2v) is 6.77. The molecule has 0 amide bonds. The van der Waals surface area contributed by atoms with Crippen molar-refractivity contribution in [2.24, 2.45) is 4.99 Å². The number of ketones is 1. The molecule has 0 unspecified atom stereocenters. The molecule has 0 fully saturated rings. The maximum atomic E-state index is 12.1. The summed E-state index contributed by atoms with van der Waals surface area (Å²) in [5.41, 5.74) is 4.14. The van der Waals surface area contributed by atoms with Crippen LogP contribution in [0, 0.1) is 6.92 Å². The van der Waals surface area contributed by atoms with Crippen molar-refractivity contribution in [3.05, 3.63) is 59.9 Å². The van der Waals surface area contributed by atoms with Crippen LogP contribution in [-0.2, 0) is 0 Å². The molecule has 0 aliphatic carbocycles. The number of anilines is 1. The van der Waals surface area contributed by atoms with Crippen LogP contribution >= 0.6 is 0 Å². The molecule has 0 spiro atoms. The number of carbonyl (C=O) groups excluding carboxylic acids is 1. The number of para-hydroxylation sites is 1. The smallest absolute Gasteiger partial charge is 0.170 e. The summed E-state index contributed by atoms with van der Waals surface area (Å²) in [7, 11) is 0. The quantitative estimate of drug-likeness (QED) is 0.733. The van der Waals surface area contributed by atoms with E-state index in [0.717, 1.165) is 34.2 Å². The highest BCUT2D eigenvalue weighted by Gasteiger charge is 2.20. The Morgan fingerprint density at radius 3 is 2.79 bits per heavy atom. The number of nitrogens with one attached hydrogen (secondary N) is 1. The molecule has 4 rings (SSSR count). The first kappa shape index (κ1) is 17.9. The van der Waals surface area contributed by atoms with Gasteiger partial charge in [0.05, 0.1) is 11.4 Å². The molecule has 3 heterocycles. The van der Waals surface area contributed by atoms with E-state index in [9.17, 15) is 4.79 Å². The summed E-state index contributed by atoms with van der Waals surface area (Å²) in [6, 6.07) is 7.67. The first-order valence-electron chi connectivity index (χ1n) is 9.15. The largest absolute Gasteiger partial charge is 0.369 e. The lowest BCUT2D eigenvalue weighted by molar-refractivity contribution is 0.100. The summed E-state index contributed by atoms with van der Waals surface area (Å²) in [5.74, 6) is 1.71. The molecule has 0 saturated heterocycles. The highest BCUT2D eigenvalue weighted by atomic mass is 16.1. The summed E-state index contributed by atoms with van der Waals surface area (Å²) >= 11 is 0. The van der Waals surface area contributed by atoms with Gasteiger partial charge in [0.2, 0.25) is 0 Å². The van der Waals surface area contributed by atoms with Gasteiger partial charge in [-0.1, -0.05) is 19.1 Å². The van der Waals surface area contributed by atoms with Gasteiger partial charge in [-0.3, -0.25) is 9.79 Å². The molecule has 28 heavy (non-hydrogen) atoms. The number of aromatic nitrogens is 4. The lowest BCUT2D eigenvalue weighted by Crippen LogP contribution is -2.13. The second-order valence-electron chi connectivity index (χ2n) is 6.77. The van der Waals surface area contributed by atoms with E-state index in [4.69, 9.17) is 0 Å². The minimum atomic E-state index is 0.118. The van der Waals surface area contributed by atoms with E-state index >= 15 is 0 Å². The standard InChI is InChI=1S/C21H20N6O/c1-13(16-4-3-5-17-19(28)6-7-22-21(16)17)9-25-20-8-18(26-12-27-20)15-10-23-14(2)24-11-15/h3-5,7-8,10-13H,6,9H2,1-2H3,(H,25,26,27)/t13-/m1/s1.